The van der Waals surface area contributed by atoms with Crippen molar-refractivity contribution in [3.8, 4) is 0 Å². The van der Waals surface area contributed by atoms with Gasteiger partial charge in [-0.3, -0.25) is 4.79 Å². The number of piperazine rings is 1. The number of hydrogen-bond acceptors (Lipinski definition) is 4. The third-order valence-corrected chi connectivity index (χ3v) is 5.60. The molecule has 4 rings (SSSR count). The van der Waals surface area contributed by atoms with Crippen molar-refractivity contribution in [2.75, 3.05) is 44.2 Å². The van der Waals surface area contributed by atoms with Gasteiger partial charge < -0.3 is 20.0 Å². The molecule has 0 saturated carbocycles. The van der Waals surface area contributed by atoms with Crippen molar-refractivity contribution in [3.05, 3.63) is 60.3 Å². The first-order chi connectivity index (χ1) is 14.2. The van der Waals surface area contributed by atoms with Crippen LogP contribution < -0.4 is 10.2 Å². The van der Waals surface area contributed by atoms with Crippen LogP contribution in [0.5, 0.6) is 0 Å². The van der Waals surface area contributed by atoms with Crippen molar-refractivity contribution in [2.45, 2.75) is 18.9 Å². The first-order valence-electron chi connectivity index (χ1n) is 10.3. The highest BCUT2D eigenvalue weighted by Crippen LogP contribution is 2.16. The number of piperidine rings is 1. The summed E-state index contributed by atoms with van der Waals surface area (Å²) in [6, 6.07) is 15.2. The molecule has 1 aromatic carbocycles. The molecule has 0 bridgehead atoms. The fourth-order valence-electron chi connectivity index (χ4n) is 3.99. The lowest BCUT2D eigenvalue weighted by molar-refractivity contribution is 0.0694. The van der Waals surface area contributed by atoms with Crippen LogP contribution >= 0.6 is 0 Å². The van der Waals surface area contributed by atoms with Gasteiger partial charge in [0.25, 0.3) is 5.91 Å². The maximum atomic E-state index is 12.7. The van der Waals surface area contributed by atoms with E-state index in [1.54, 1.807) is 6.20 Å². The molecule has 1 unspecified atom stereocenters. The average Bonchev–Trinajstić information content (AvgIpc) is 2.80. The van der Waals surface area contributed by atoms with E-state index in [2.05, 4.69) is 15.2 Å². The molecule has 152 valence electrons. The lowest BCUT2D eigenvalue weighted by atomic mass is 10.0. The van der Waals surface area contributed by atoms with E-state index >= 15 is 0 Å². The van der Waals surface area contributed by atoms with Crippen molar-refractivity contribution in [2.24, 2.45) is 0 Å². The van der Waals surface area contributed by atoms with Gasteiger partial charge in [0, 0.05) is 57.1 Å². The fourth-order valence-corrected chi connectivity index (χ4v) is 3.99. The molecule has 2 aliphatic rings. The number of nitrogens with one attached hydrogen (secondary N) is 1. The third-order valence-electron chi connectivity index (χ3n) is 5.60. The third kappa shape index (κ3) is 4.67. The topological polar surface area (TPSA) is 68.8 Å². The fraction of sp³-hybridized carbons (Fsp3) is 0.409. The average molecular weight is 393 g/mol. The Morgan fingerprint density at radius 2 is 1.66 bits per heavy atom. The molecule has 3 heterocycles. The van der Waals surface area contributed by atoms with Gasteiger partial charge in [0.2, 0.25) is 0 Å². The molecule has 0 radical (unpaired) electrons. The van der Waals surface area contributed by atoms with Crippen molar-refractivity contribution in [1.82, 2.24) is 20.1 Å². The van der Waals surface area contributed by atoms with Gasteiger partial charge in [-0.2, -0.15) is 0 Å². The van der Waals surface area contributed by atoms with Gasteiger partial charge in [0.1, 0.15) is 5.82 Å². The van der Waals surface area contributed by atoms with E-state index in [1.807, 2.05) is 58.3 Å². The molecule has 0 aliphatic carbocycles. The molecule has 1 N–H and O–H groups in total. The van der Waals surface area contributed by atoms with Gasteiger partial charge >= 0.3 is 6.03 Å². The summed E-state index contributed by atoms with van der Waals surface area (Å²) in [5, 5.41) is 3.14. The zero-order valence-corrected chi connectivity index (χ0v) is 16.5. The number of aromatic nitrogens is 1. The van der Waals surface area contributed by atoms with Gasteiger partial charge in [-0.25, -0.2) is 9.78 Å². The summed E-state index contributed by atoms with van der Waals surface area (Å²) in [6.45, 7) is 4.18. The number of carbonyl (C=O) groups excluding carboxylic acids is 2. The lowest BCUT2D eigenvalue weighted by Crippen LogP contribution is -2.56. The maximum absolute atomic E-state index is 12.7. The minimum absolute atomic E-state index is 0.00210. The van der Waals surface area contributed by atoms with Crippen LogP contribution in [-0.2, 0) is 0 Å². The van der Waals surface area contributed by atoms with E-state index in [0.29, 0.717) is 25.2 Å². The lowest BCUT2D eigenvalue weighted by Gasteiger charge is -2.38. The number of urea groups is 1. The van der Waals surface area contributed by atoms with Crippen molar-refractivity contribution in [1.29, 1.82) is 0 Å². The molecule has 2 fully saturated rings. The second-order valence-electron chi connectivity index (χ2n) is 7.57. The number of amides is 3. The minimum atomic E-state index is -0.0373. The number of anilines is 1. The van der Waals surface area contributed by atoms with Crippen LogP contribution in [0.4, 0.5) is 10.6 Å². The van der Waals surface area contributed by atoms with E-state index in [1.165, 1.54) is 0 Å². The number of pyridine rings is 1. The van der Waals surface area contributed by atoms with E-state index in [-0.39, 0.29) is 18.0 Å². The number of benzene rings is 1. The number of carbonyl (C=O) groups is 2. The Bertz CT molecular complexity index is 822. The molecule has 29 heavy (non-hydrogen) atoms. The maximum Gasteiger partial charge on any atom is 0.317 e. The van der Waals surface area contributed by atoms with E-state index in [4.69, 9.17) is 0 Å². The number of likely N-dealkylation sites (tertiary alicyclic amines) is 1. The zero-order valence-electron chi connectivity index (χ0n) is 16.5. The molecule has 2 saturated heterocycles. The zero-order chi connectivity index (χ0) is 20.1. The Morgan fingerprint density at radius 1 is 0.897 bits per heavy atom. The Morgan fingerprint density at radius 3 is 2.38 bits per heavy atom. The SMILES string of the molecule is O=C(NC1CCCN(C(=O)c2ccccc2)C1)N1CCN(c2ccccn2)CC1. The number of rotatable bonds is 3. The highest BCUT2D eigenvalue weighted by molar-refractivity contribution is 5.94. The van der Waals surface area contributed by atoms with E-state index in [9.17, 15) is 9.59 Å². The molecule has 1 aromatic heterocycles. The van der Waals surface area contributed by atoms with Crippen molar-refractivity contribution in [3.63, 3.8) is 0 Å². The van der Waals surface area contributed by atoms with Gasteiger partial charge in [-0.15, -0.1) is 0 Å². The van der Waals surface area contributed by atoms with Crippen molar-refractivity contribution < 1.29 is 9.59 Å². The van der Waals surface area contributed by atoms with Crippen LogP contribution in [0.25, 0.3) is 0 Å². The van der Waals surface area contributed by atoms with Gasteiger partial charge in [0.05, 0.1) is 0 Å². The van der Waals surface area contributed by atoms with Crippen LogP contribution in [-0.4, -0.2) is 72.0 Å². The summed E-state index contributed by atoms with van der Waals surface area (Å²) in [5.74, 6) is 0.989. The molecule has 7 heteroatoms. The predicted octanol–water partition coefficient (Wildman–Crippen LogP) is 2.22. The minimum Gasteiger partial charge on any atom is -0.353 e. The molecule has 7 nitrogen and oxygen atoms in total. The van der Waals surface area contributed by atoms with Crippen molar-refractivity contribution >= 4 is 17.8 Å². The first kappa shape index (κ1) is 19.2. The second kappa shape index (κ2) is 8.94. The summed E-state index contributed by atoms with van der Waals surface area (Å²) in [7, 11) is 0. The normalized spacial score (nSPS) is 19.7. The highest BCUT2D eigenvalue weighted by Gasteiger charge is 2.28. The summed E-state index contributed by atoms with van der Waals surface area (Å²) >= 11 is 0. The summed E-state index contributed by atoms with van der Waals surface area (Å²) in [6.07, 6.45) is 3.59. The molecule has 0 spiro atoms. The highest BCUT2D eigenvalue weighted by atomic mass is 16.2. The van der Waals surface area contributed by atoms with Gasteiger partial charge in [-0.05, 0) is 37.1 Å². The number of hydrogen-bond donors (Lipinski definition) is 1. The Kier molecular flexibility index (Phi) is 5.93. The summed E-state index contributed by atoms with van der Waals surface area (Å²) in [4.78, 5) is 35.7. The largest absolute Gasteiger partial charge is 0.353 e. The van der Waals surface area contributed by atoms with Crippen LogP contribution in [0, 0.1) is 0 Å². The molecule has 2 aliphatic heterocycles. The smallest absolute Gasteiger partial charge is 0.317 e. The molecule has 1 atom stereocenters. The first-order valence-corrected chi connectivity index (χ1v) is 10.3. The van der Waals surface area contributed by atoms with Crippen LogP contribution in [0.2, 0.25) is 0 Å². The standard InChI is InChI=1S/C22H27N5O2/c28-21(18-7-2-1-3-8-18)27-12-6-9-19(17-27)24-22(29)26-15-13-25(14-16-26)20-10-4-5-11-23-20/h1-5,7-8,10-11,19H,6,9,12-17H2,(H,24,29). The quantitative estimate of drug-likeness (QED) is 0.868. The van der Waals surface area contributed by atoms with E-state index < -0.39 is 0 Å². The number of nitrogens with zero attached hydrogens (tertiary/aromatic N) is 4. The monoisotopic (exact) mass is 393 g/mol. The van der Waals surface area contributed by atoms with Crippen LogP contribution in [0.15, 0.2) is 54.7 Å². The summed E-state index contributed by atoms with van der Waals surface area (Å²) < 4.78 is 0. The summed E-state index contributed by atoms with van der Waals surface area (Å²) in [5.41, 5.74) is 0.699. The van der Waals surface area contributed by atoms with Crippen LogP contribution in [0.1, 0.15) is 23.2 Å². The molecule has 2 aromatic rings. The van der Waals surface area contributed by atoms with Crippen LogP contribution in [0.3, 0.4) is 0 Å². The predicted molar refractivity (Wildman–Crippen MR) is 112 cm³/mol. The second-order valence-corrected chi connectivity index (χ2v) is 7.57. The van der Waals surface area contributed by atoms with Gasteiger partial charge in [0.15, 0.2) is 0 Å². The molecular weight excluding hydrogens is 366 g/mol. The molecule has 3 amide bonds. The van der Waals surface area contributed by atoms with Gasteiger partial charge in [-0.1, -0.05) is 24.3 Å². The Hall–Kier alpha value is -3.09. The Labute approximate surface area is 171 Å². The molecular formula is C22H27N5O2. The Balaban J connectivity index is 1.28. The van der Waals surface area contributed by atoms with E-state index in [0.717, 1.165) is 38.3 Å².